The predicted molar refractivity (Wildman–Crippen MR) is 144 cm³/mol. The number of carbonyl (C=O) groups is 1. The van der Waals surface area contributed by atoms with Crippen LogP contribution in [0.15, 0.2) is 102 Å². The first kappa shape index (κ1) is 26.6. The predicted octanol–water partition coefficient (Wildman–Crippen LogP) is 5.66. The van der Waals surface area contributed by atoms with Crippen LogP contribution in [-0.2, 0) is 14.9 Å². The number of aliphatic hydroxyl groups is 1. The number of aromatic hydroxyl groups is 1. The maximum Gasteiger partial charge on any atom is 0.294 e. The molecule has 1 aliphatic rings. The van der Waals surface area contributed by atoms with Crippen molar-refractivity contribution in [2.45, 2.75) is 29.9 Å². The van der Waals surface area contributed by atoms with E-state index in [1.807, 2.05) is 30.3 Å². The molecule has 0 bridgehead atoms. The van der Waals surface area contributed by atoms with Crippen molar-refractivity contribution in [3.05, 3.63) is 114 Å². The molecular formula is C30H26FNO6S. The Morgan fingerprint density at radius 3 is 2.21 bits per heavy atom. The average Bonchev–Trinajstić information content (AvgIpc) is 2.92. The molecule has 0 saturated carbocycles. The lowest BCUT2D eigenvalue weighted by Crippen LogP contribution is -2.55. The number of halogens is 1. The lowest BCUT2D eigenvalue weighted by Gasteiger charge is -2.48. The Morgan fingerprint density at radius 2 is 1.56 bits per heavy atom. The minimum Gasteiger partial charge on any atom is -0.507 e. The lowest BCUT2D eigenvalue weighted by atomic mass is 9.78. The zero-order valence-corrected chi connectivity index (χ0v) is 21.5. The third-order valence-electron chi connectivity index (χ3n) is 7.09. The average molecular weight is 548 g/mol. The van der Waals surface area contributed by atoms with Crippen molar-refractivity contribution < 1.29 is 32.4 Å². The Kier molecular flexibility index (Phi) is 7.22. The summed E-state index contributed by atoms with van der Waals surface area (Å²) in [6.07, 6.45) is -0.0836. The van der Waals surface area contributed by atoms with Crippen molar-refractivity contribution in [3.8, 4) is 16.9 Å². The second kappa shape index (κ2) is 10.6. The monoisotopic (exact) mass is 547 g/mol. The molecule has 5 rings (SSSR count). The molecule has 0 spiro atoms. The molecule has 200 valence electrons. The summed E-state index contributed by atoms with van der Waals surface area (Å²) in [4.78, 5) is 14.4. The first-order valence-electron chi connectivity index (χ1n) is 12.4. The zero-order chi connectivity index (χ0) is 27.7. The molecule has 3 atom stereocenters. The van der Waals surface area contributed by atoms with Gasteiger partial charge >= 0.3 is 0 Å². The summed E-state index contributed by atoms with van der Waals surface area (Å²) in [5, 5.41) is 21.5. The number of hydrogen-bond acceptors (Lipinski definition) is 5. The largest absolute Gasteiger partial charge is 0.507 e. The molecule has 0 unspecified atom stereocenters. The number of para-hydroxylation sites is 1. The fourth-order valence-corrected chi connectivity index (χ4v) is 5.57. The number of carbonyl (C=O) groups excluding carboxylic acids is 1. The van der Waals surface area contributed by atoms with Crippen LogP contribution < -0.4 is 4.90 Å². The number of amides is 1. The van der Waals surface area contributed by atoms with Crippen molar-refractivity contribution in [2.24, 2.45) is 5.92 Å². The Hall–Kier alpha value is -4.05. The lowest BCUT2D eigenvalue weighted by molar-refractivity contribution is -0.131. The number of anilines is 1. The van der Waals surface area contributed by atoms with E-state index in [0.29, 0.717) is 29.5 Å². The van der Waals surface area contributed by atoms with Crippen LogP contribution in [0.25, 0.3) is 11.1 Å². The van der Waals surface area contributed by atoms with E-state index in [-0.39, 0.29) is 22.2 Å². The molecule has 0 aromatic heterocycles. The summed E-state index contributed by atoms with van der Waals surface area (Å²) in [5.74, 6) is -1.46. The number of hydrogen-bond donors (Lipinski definition) is 3. The highest BCUT2D eigenvalue weighted by Crippen LogP contribution is 2.48. The van der Waals surface area contributed by atoms with Gasteiger partial charge in [0, 0.05) is 5.56 Å². The van der Waals surface area contributed by atoms with Crippen molar-refractivity contribution in [2.75, 3.05) is 4.90 Å². The molecule has 4 aromatic rings. The quantitative estimate of drug-likeness (QED) is 0.194. The van der Waals surface area contributed by atoms with Gasteiger partial charge in [0.25, 0.3) is 10.1 Å². The van der Waals surface area contributed by atoms with E-state index in [4.69, 9.17) is 0 Å². The second-order valence-electron chi connectivity index (χ2n) is 9.49. The normalized spacial score (nSPS) is 18.0. The van der Waals surface area contributed by atoms with Crippen LogP contribution in [-0.4, -0.2) is 29.1 Å². The van der Waals surface area contributed by atoms with Crippen LogP contribution in [0.5, 0.6) is 5.75 Å². The summed E-state index contributed by atoms with van der Waals surface area (Å²) in [6, 6.07) is 24.8. The van der Waals surface area contributed by atoms with Crippen LogP contribution in [0.1, 0.15) is 36.1 Å². The number of β-lactam (4-membered cyclic amide) rings is 1. The Labute approximate surface area is 225 Å². The first-order chi connectivity index (χ1) is 18.6. The number of phenolic OH excluding ortho intramolecular Hbond substituents is 1. The molecule has 1 fully saturated rings. The molecule has 1 saturated heterocycles. The third-order valence-corrected chi connectivity index (χ3v) is 7.96. The Bertz CT molecular complexity index is 1610. The molecule has 3 N–H and O–H groups in total. The Morgan fingerprint density at radius 1 is 0.897 bits per heavy atom. The molecule has 0 radical (unpaired) electrons. The van der Waals surface area contributed by atoms with Crippen molar-refractivity contribution >= 4 is 21.7 Å². The van der Waals surface area contributed by atoms with E-state index in [9.17, 15) is 32.4 Å². The Balaban J connectivity index is 1.45. The summed E-state index contributed by atoms with van der Waals surface area (Å²) in [7, 11) is -4.35. The van der Waals surface area contributed by atoms with Gasteiger partial charge in [-0.1, -0.05) is 66.7 Å². The van der Waals surface area contributed by atoms with Crippen molar-refractivity contribution in [1.82, 2.24) is 0 Å². The number of nitrogens with zero attached hydrogens (tertiary/aromatic N) is 1. The van der Waals surface area contributed by atoms with Gasteiger partial charge in [0.2, 0.25) is 5.91 Å². The number of rotatable bonds is 8. The standard InChI is InChI=1S/C30H26FNO6S/c31-25-8-4-5-9-26(25)32-29(24(30(32)35)16-17-27(33)20-6-2-1-3-7-20)21-12-15-23(28(34)18-21)19-10-13-22(14-11-19)39(36,37)38/h1-15,18,24,27,29,33-34H,16-17H2,(H,36,37,38)/t24-,27+,29-/m1/s1. The van der Waals surface area contributed by atoms with Gasteiger partial charge in [0.05, 0.1) is 28.6 Å². The molecule has 1 amide bonds. The van der Waals surface area contributed by atoms with Crippen LogP contribution >= 0.6 is 0 Å². The highest BCUT2D eigenvalue weighted by molar-refractivity contribution is 7.85. The van der Waals surface area contributed by atoms with Gasteiger partial charge in [0.15, 0.2) is 0 Å². The van der Waals surface area contributed by atoms with Gasteiger partial charge in [0.1, 0.15) is 11.6 Å². The SMILES string of the molecule is O=C1[C@H](CC[C@H](O)c2ccccc2)[C@@H](c2ccc(-c3ccc(S(=O)(=O)O)cc3)c(O)c2)N1c1ccccc1F. The maximum atomic E-state index is 14.7. The molecular weight excluding hydrogens is 521 g/mol. The maximum absolute atomic E-state index is 14.7. The zero-order valence-electron chi connectivity index (χ0n) is 20.7. The molecule has 7 nitrogen and oxygen atoms in total. The van der Waals surface area contributed by atoms with E-state index in [1.54, 1.807) is 24.3 Å². The van der Waals surface area contributed by atoms with E-state index in [1.165, 1.54) is 47.4 Å². The van der Waals surface area contributed by atoms with Crippen LogP contribution in [0, 0.1) is 11.7 Å². The first-order valence-corrected chi connectivity index (χ1v) is 13.8. The van der Waals surface area contributed by atoms with Gasteiger partial charge < -0.3 is 15.1 Å². The van der Waals surface area contributed by atoms with Crippen molar-refractivity contribution in [1.29, 1.82) is 0 Å². The van der Waals surface area contributed by atoms with Gasteiger partial charge in [-0.25, -0.2) is 4.39 Å². The highest BCUT2D eigenvalue weighted by atomic mass is 32.2. The molecule has 39 heavy (non-hydrogen) atoms. The number of aliphatic hydroxyl groups excluding tert-OH is 1. The van der Waals surface area contributed by atoms with E-state index >= 15 is 0 Å². The van der Waals surface area contributed by atoms with Gasteiger partial charge in [-0.15, -0.1) is 0 Å². The number of benzene rings is 4. The smallest absolute Gasteiger partial charge is 0.294 e. The molecule has 0 aliphatic carbocycles. The third kappa shape index (κ3) is 5.29. The van der Waals surface area contributed by atoms with Crippen LogP contribution in [0.3, 0.4) is 0 Å². The van der Waals surface area contributed by atoms with E-state index < -0.39 is 34.0 Å². The highest BCUT2D eigenvalue weighted by Gasteiger charge is 2.49. The molecule has 9 heteroatoms. The fraction of sp³-hybridized carbons (Fsp3) is 0.167. The van der Waals surface area contributed by atoms with Gasteiger partial charge in [-0.3, -0.25) is 9.35 Å². The number of phenols is 1. The fourth-order valence-electron chi connectivity index (χ4n) is 5.09. The summed E-state index contributed by atoms with van der Waals surface area (Å²) < 4.78 is 46.6. The summed E-state index contributed by atoms with van der Waals surface area (Å²) >= 11 is 0. The van der Waals surface area contributed by atoms with Gasteiger partial charge in [-0.05, 0) is 59.9 Å². The minimum absolute atomic E-state index is 0.108. The van der Waals surface area contributed by atoms with Crippen molar-refractivity contribution in [3.63, 3.8) is 0 Å². The van der Waals surface area contributed by atoms with Crippen LogP contribution in [0.4, 0.5) is 10.1 Å². The van der Waals surface area contributed by atoms with Crippen LogP contribution in [0.2, 0.25) is 0 Å². The minimum atomic E-state index is -4.35. The van der Waals surface area contributed by atoms with Gasteiger partial charge in [-0.2, -0.15) is 8.42 Å². The topological polar surface area (TPSA) is 115 Å². The summed E-state index contributed by atoms with van der Waals surface area (Å²) in [5.41, 5.74) is 2.41. The van der Waals surface area contributed by atoms with E-state index in [0.717, 1.165) is 5.56 Å². The summed E-state index contributed by atoms with van der Waals surface area (Å²) in [6.45, 7) is 0. The molecule has 1 heterocycles. The molecule has 4 aromatic carbocycles. The second-order valence-corrected chi connectivity index (χ2v) is 10.9. The van der Waals surface area contributed by atoms with E-state index in [2.05, 4.69) is 0 Å². The molecule has 1 aliphatic heterocycles.